The quantitative estimate of drug-likeness (QED) is 0.563. The van der Waals surface area contributed by atoms with Gasteiger partial charge in [-0.3, -0.25) is 0 Å². The van der Waals surface area contributed by atoms with Gasteiger partial charge < -0.3 is 9.30 Å². The standard InChI is InChI=1S/C18H20N8/c1-12(13-3-4-16-19-6-8-25(16)11-13)26-18-17(22-23-26)20-9-15(21-18)14-5-7-24(2)10-14/h3-4,6,8-9,11-12,14H,5,7,10H2,1-2H3. The third-order valence-corrected chi connectivity index (χ3v) is 5.28. The van der Waals surface area contributed by atoms with E-state index < -0.39 is 0 Å². The number of fused-ring (bicyclic) bond motifs is 2. The fraction of sp³-hybridized carbons (Fsp3) is 0.389. The molecule has 2 unspecified atom stereocenters. The third kappa shape index (κ3) is 2.45. The Hall–Kier alpha value is -2.87. The molecular weight excluding hydrogens is 328 g/mol. The number of hydrogen-bond donors (Lipinski definition) is 0. The van der Waals surface area contributed by atoms with Crippen molar-refractivity contribution in [2.45, 2.75) is 25.3 Å². The van der Waals surface area contributed by atoms with Crippen molar-refractivity contribution in [3.8, 4) is 0 Å². The second kappa shape index (κ2) is 5.84. The summed E-state index contributed by atoms with van der Waals surface area (Å²) < 4.78 is 3.87. The minimum atomic E-state index is 0.00241. The van der Waals surface area contributed by atoms with Gasteiger partial charge in [0.2, 0.25) is 5.65 Å². The lowest BCUT2D eigenvalue weighted by Crippen LogP contribution is -2.14. The highest BCUT2D eigenvalue weighted by atomic mass is 15.5. The fourth-order valence-corrected chi connectivity index (χ4v) is 3.70. The minimum Gasteiger partial charge on any atom is -0.307 e. The molecule has 0 bridgehead atoms. The van der Waals surface area contributed by atoms with Gasteiger partial charge in [-0.15, -0.1) is 5.10 Å². The second-order valence-electron chi connectivity index (χ2n) is 7.06. The number of nitrogens with zero attached hydrogens (tertiary/aromatic N) is 8. The van der Waals surface area contributed by atoms with Crippen molar-refractivity contribution in [3.63, 3.8) is 0 Å². The summed E-state index contributed by atoms with van der Waals surface area (Å²) in [7, 11) is 2.14. The van der Waals surface area contributed by atoms with Crippen LogP contribution in [0.2, 0.25) is 0 Å². The molecule has 26 heavy (non-hydrogen) atoms. The van der Waals surface area contributed by atoms with Crippen LogP contribution in [-0.4, -0.2) is 59.4 Å². The van der Waals surface area contributed by atoms with Crippen LogP contribution in [0.3, 0.4) is 0 Å². The van der Waals surface area contributed by atoms with E-state index in [9.17, 15) is 0 Å². The summed E-state index contributed by atoms with van der Waals surface area (Å²) in [6.07, 6.45) is 8.78. The molecule has 0 radical (unpaired) electrons. The van der Waals surface area contributed by atoms with Gasteiger partial charge in [0.1, 0.15) is 5.65 Å². The van der Waals surface area contributed by atoms with E-state index >= 15 is 0 Å². The van der Waals surface area contributed by atoms with Gasteiger partial charge in [-0.25, -0.2) is 19.6 Å². The monoisotopic (exact) mass is 348 g/mol. The molecule has 4 aromatic heterocycles. The van der Waals surface area contributed by atoms with Crippen molar-refractivity contribution in [1.29, 1.82) is 0 Å². The molecule has 0 aromatic carbocycles. The Morgan fingerprint density at radius 3 is 3.00 bits per heavy atom. The highest BCUT2D eigenvalue weighted by Gasteiger charge is 2.24. The van der Waals surface area contributed by atoms with Gasteiger partial charge in [-0.1, -0.05) is 11.3 Å². The van der Waals surface area contributed by atoms with Crippen LogP contribution in [0.1, 0.15) is 36.6 Å². The molecule has 1 fully saturated rings. The Morgan fingerprint density at radius 1 is 1.23 bits per heavy atom. The van der Waals surface area contributed by atoms with Crippen LogP contribution in [0.15, 0.2) is 36.9 Å². The molecule has 0 saturated carbocycles. The average molecular weight is 348 g/mol. The van der Waals surface area contributed by atoms with Crippen molar-refractivity contribution in [2.75, 3.05) is 20.1 Å². The predicted octanol–water partition coefficient (Wildman–Crippen LogP) is 1.90. The SMILES string of the molecule is CC(c1ccc2nccn2c1)n1nnc2ncc(C3CCN(C)C3)nc21. The number of likely N-dealkylation sites (N-methyl/N-ethyl adjacent to an activating group) is 1. The largest absolute Gasteiger partial charge is 0.307 e. The van der Waals surface area contributed by atoms with Gasteiger partial charge in [-0.05, 0) is 38.6 Å². The van der Waals surface area contributed by atoms with Crippen LogP contribution in [0, 0.1) is 0 Å². The first-order valence-electron chi connectivity index (χ1n) is 8.88. The first-order valence-corrected chi connectivity index (χ1v) is 8.88. The first-order chi connectivity index (χ1) is 12.7. The molecule has 1 aliphatic heterocycles. The third-order valence-electron chi connectivity index (χ3n) is 5.28. The van der Waals surface area contributed by atoms with E-state index in [-0.39, 0.29) is 6.04 Å². The summed E-state index contributed by atoms with van der Waals surface area (Å²) in [6, 6.07) is 4.09. The number of imidazole rings is 1. The molecule has 5 heterocycles. The van der Waals surface area contributed by atoms with Crippen molar-refractivity contribution in [2.24, 2.45) is 0 Å². The molecule has 1 aliphatic rings. The zero-order chi connectivity index (χ0) is 17.7. The summed E-state index contributed by atoms with van der Waals surface area (Å²) in [5.41, 5.74) is 4.42. The van der Waals surface area contributed by atoms with E-state index in [0.29, 0.717) is 11.6 Å². The van der Waals surface area contributed by atoms with Crippen molar-refractivity contribution in [3.05, 3.63) is 48.2 Å². The molecule has 5 rings (SSSR count). The van der Waals surface area contributed by atoms with E-state index in [2.05, 4.69) is 51.4 Å². The average Bonchev–Trinajstić information content (AvgIpc) is 3.38. The van der Waals surface area contributed by atoms with E-state index in [1.165, 1.54) is 0 Å². The topological polar surface area (TPSA) is 77.0 Å². The number of aromatic nitrogens is 7. The van der Waals surface area contributed by atoms with Gasteiger partial charge in [0, 0.05) is 31.1 Å². The smallest absolute Gasteiger partial charge is 0.221 e. The molecule has 1 saturated heterocycles. The van der Waals surface area contributed by atoms with Crippen molar-refractivity contribution < 1.29 is 0 Å². The van der Waals surface area contributed by atoms with E-state index in [1.807, 2.05) is 27.5 Å². The van der Waals surface area contributed by atoms with E-state index in [1.54, 1.807) is 6.20 Å². The lowest BCUT2D eigenvalue weighted by atomic mass is 10.1. The van der Waals surface area contributed by atoms with Crippen LogP contribution in [0.4, 0.5) is 0 Å². The zero-order valence-electron chi connectivity index (χ0n) is 14.8. The molecule has 0 spiro atoms. The van der Waals surface area contributed by atoms with Gasteiger partial charge >= 0.3 is 0 Å². The van der Waals surface area contributed by atoms with Crippen LogP contribution in [0.25, 0.3) is 16.9 Å². The lowest BCUT2D eigenvalue weighted by Gasteiger charge is -2.14. The molecule has 8 nitrogen and oxygen atoms in total. The molecule has 4 aromatic rings. The highest BCUT2D eigenvalue weighted by molar-refractivity contribution is 5.64. The summed E-state index contributed by atoms with van der Waals surface area (Å²) >= 11 is 0. The molecule has 0 amide bonds. The summed E-state index contributed by atoms with van der Waals surface area (Å²) in [6.45, 7) is 4.22. The molecule has 0 aliphatic carbocycles. The zero-order valence-corrected chi connectivity index (χ0v) is 14.8. The van der Waals surface area contributed by atoms with Gasteiger partial charge in [0.25, 0.3) is 0 Å². The highest BCUT2D eigenvalue weighted by Crippen LogP contribution is 2.26. The maximum Gasteiger partial charge on any atom is 0.221 e. The Kier molecular flexibility index (Phi) is 3.46. The Morgan fingerprint density at radius 2 is 2.15 bits per heavy atom. The number of hydrogen-bond acceptors (Lipinski definition) is 6. The first kappa shape index (κ1) is 15.4. The Bertz CT molecular complexity index is 1080. The fourth-order valence-electron chi connectivity index (χ4n) is 3.70. The minimum absolute atomic E-state index is 0.00241. The van der Waals surface area contributed by atoms with Gasteiger partial charge in [0.05, 0.1) is 17.9 Å². The van der Waals surface area contributed by atoms with Crippen LogP contribution in [0.5, 0.6) is 0 Å². The number of pyridine rings is 1. The van der Waals surface area contributed by atoms with Crippen LogP contribution >= 0.6 is 0 Å². The number of likely N-dealkylation sites (tertiary alicyclic amines) is 1. The van der Waals surface area contributed by atoms with Gasteiger partial charge in [-0.2, -0.15) is 0 Å². The Labute approximate surface area is 150 Å². The molecule has 8 heteroatoms. The number of rotatable bonds is 3. The summed E-state index contributed by atoms with van der Waals surface area (Å²) in [5, 5.41) is 8.54. The van der Waals surface area contributed by atoms with Crippen molar-refractivity contribution >= 4 is 16.9 Å². The van der Waals surface area contributed by atoms with E-state index in [0.717, 1.165) is 42.1 Å². The van der Waals surface area contributed by atoms with Crippen LogP contribution < -0.4 is 0 Å². The second-order valence-corrected chi connectivity index (χ2v) is 7.06. The van der Waals surface area contributed by atoms with Crippen molar-refractivity contribution in [1.82, 2.24) is 39.2 Å². The van der Waals surface area contributed by atoms with E-state index in [4.69, 9.17) is 4.98 Å². The normalized spacial score (nSPS) is 19.5. The van der Waals surface area contributed by atoms with Gasteiger partial charge in [0.15, 0.2) is 5.65 Å². The summed E-state index contributed by atoms with van der Waals surface area (Å²) in [4.78, 5) is 16.0. The Balaban J connectivity index is 1.55. The maximum atomic E-state index is 4.88. The molecule has 132 valence electrons. The lowest BCUT2D eigenvalue weighted by molar-refractivity contribution is 0.410. The molecular formula is C18H20N8. The predicted molar refractivity (Wildman–Crippen MR) is 97.0 cm³/mol. The maximum absolute atomic E-state index is 4.88. The molecule has 2 atom stereocenters. The van der Waals surface area contributed by atoms with Crippen LogP contribution in [-0.2, 0) is 0 Å². The summed E-state index contributed by atoms with van der Waals surface area (Å²) in [5.74, 6) is 0.429. The molecule has 0 N–H and O–H groups in total.